The van der Waals surface area contributed by atoms with Crippen molar-refractivity contribution in [1.82, 2.24) is 5.32 Å². The van der Waals surface area contributed by atoms with Crippen LogP contribution in [0.15, 0.2) is 23.3 Å². The maximum atomic E-state index is 13.7. The van der Waals surface area contributed by atoms with Gasteiger partial charge >= 0.3 is 0 Å². The molecule has 0 radical (unpaired) electrons. The number of carbonyl (C=O) groups excluding carboxylic acids is 1. The molecule has 0 aliphatic carbocycles. The SMILES string of the molecule is [N-]=[N+]=Nc1ccc(N2CCNC(=O)C2)c(F)c1. The zero-order valence-electron chi connectivity index (χ0n) is 8.93. The first kappa shape index (κ1) is 11.2. The van der Waals surface area contributed by atoms with Crippen LogP contribution in [-0.2, 0) is 4.79 Å². The zero-order chi connectivity index (χ0) is 12.3. The minimum absolute atomic E-state index is 0.130. The molecule has 0 atom stereocenters. The van der Waals surface area contributed by atoms with Crippen molar-refractivity contribution in [3.63, 3.8) is 0 Å². The molecule has 0 unspecified atom stereocenters. The fraction of sp³-hybridized carbons (Fsp3) is 0.300. The average molecular weight is 235 g/mol. The third-order valence-corrected chi connectivity index (χ3v) is 2.47. The lowest BCUT2D eigenvalue weighted by Crippen LogP contribution is -2.48. The third kappa shape index (κ3) is 2.46. The molecule has 6 nitrogen and oxygen atoms in total. The Balaban J connectivity index is 2.26. The number of benzene rings is 1. The van der Waals surface area contributed by atoms with E-state index in [9.17, 15) is 9.18 Å². The van der Waals surface area contributed by atoms with Crippen LogP contribution >= 0.6 is 0 Å². The van der Waals surface area contributed by atoms with Crippen LogP contribution < -0.4 is 10.2 Å². The number of carbonyl (C=O) groups is 1. The molecular weight excluding hydrogens is 225 g/mol. The van der Waals surface area contributed by atoms with Crippen LogP contribution in [0, 0.1) is 5.82 Å². The summed E-state index contributed by atoms with van der Waals surface area (Å²) in [5.41, 5.74) is 8.80. The van der Waals surface area contributed by atoms with Gasteiger partial charge < -0.3 is 10.2 Å². The van der Waals surface area contributed by atoms with Gasteiger partial charge in [0.1, 0.15) is 5.82 Å². The summed E-state index contributed by atoms with van der Waals surface area (Å²) in [4.78, 5) is 15.4. The molecule has 1 fully saturated rings. The number of anilines is 1. The Morgan fingerprint density at radius 2 is 2.35 bits per heavy atom. The fourth-order valence-electron chi connectivity index (χ4n) is 1.71. The van der Waals surface area contributed by atoms with E-state index >= 15 is 0 Å². The maximum absolute atomic E-state index is 13.7. The van der Waals surface area contributed by atoms with Crippen molar-refractivity contribution in [3.05, 3.63) is 34.5 Å². The minimum Gasteiger partial charge on any atom is -0.358 e. The molecule has 7 heteroatoms. The number of hydrogen-bond acceptors (Lipinski definition) is 3. The number of piperazine rings is 1. The molecule has 0 saturated carbocycles. The van der Waals surface area contributed by atoms with Crippen LogP contribution in [0.4, 0.5) is 15.8 Å². The first-order chi connectivity index (χ1) is 8.20. The van der Waals surface area contributed by atoms with E-state index in [2.05, 4.69) is 15.3 Å². The normalized spacial score (nSPS) is 15.1. The summed E-state index contributed by atoms with van der Waals surface area (Å²) < 4.78 is 13.7. The highest BCUT2D eigenvalue weighted by atomic mass is 19.1. The molecule has 1 saturated heterocycles. The molecule has 0 spiro atoms. The van der Waals surface area contributed by atoms with Crippen LogP contribution in [0.5, 0.6) is 0 Å². The molecular formula is C10H10FN5O. The van der Waals surface area contributed by atoms with Crippen molar-refractivity contribution in [2.45, 2.75) is 0 Å². The third-order valence-electron chi connectivity index (χ3n) is 2.47. The van der Waals surface area contributed by atoms with E-state index in [0.717, 1.165) is 6.07 Å². The second-order valence-electron chi connectivity index (χ2n) is 3.60. The number of rotatable bonds is 2. The Kier molecular flexibility index (Phi) is 3.11. The highest BCUT2D eigenvalue weighted by molar-refractivity contribution is 5.82. The molecule has 0 aromatic heterocycles. The molecule has 2 rings (SSSR count). The average Bonchev–Trinajstić information content (AvgIpc) is 2.29. The Hall–Kier alpha value is -2.27. The van der Waals surface area contributed by atoms with Crippen molar-refractivity contribution in [2.75, 3.05) is 24.5 Å². The standard InChI is InChI=1S/C10H10FN5O/c11-8-5-7(14-15-12)1-2-9(8)16-4-3-13-10(17)6-16/h1-2,5H,3-4,6H2,(H,13,17). The van der Waals surface area contributed by atoms with Crippen LogP contribution in [0.25, 0.3) is 10.4 Å². The van der Waals surface area contributed by atoms with E-state index < -0.39 is 5.82 Å². The Labute approximate surface area is 96.7 Å². The van der Waals surface area contributed by atoms with Crippen LogP contribution in [0.3, 0.4) is 0 Å². The predicted octanol–water partition coefficient (Wildman–Crippen LogP) is 1.70. The summed E-state index contributed by atoms with van der Waals surface area (Å²) in [6.45, 7) is 1.19. The smallest absolute Gasteiger partial charge is 0.239 e. The van der Waals surface area contributed by atoms with E-state index in [4.69, 9.17) is 5.53 Å². The molecule has 1 aliphatic rings. The van der Waals surface area contributed by atoms with Gasteiger partial charge in [0.25, 0.3) is 0 Å². The molecule has 1 aromatic rings. The maximum Gasteiger partial charge on any atom is 0.239 e. The lowest BCUT2D eigenvalue weighted by Gasteiger charge is -2.28. The molecule has 1 amide bonds. The first-order valence-corrected chi connectivity index (χ1v) is 5.07. The minimum atomic E-state index is -0.496. The van der Waals surface area contributed by atoms with E-state index in [1.807, 2.05) is 0 Å². The Bertz CT molecular complexity index is 497. The zero-order valence-corrected chi connectivity index (χ0v) is 8.93. The van der Waals surface area contributed by atoms with Crippen molar-refractivity contribution in [1.29, 1.82) is 0 Å². The number of nitrogens with zero attached hydrogens (tertiary/aromatic N) is 4. The lowest BCUT2D eigenvalue weighted by atomic mass is 10.2. The van der Waals surface area contributed by atoms with Gasteiger partial charge in [0.05, 0.1) is 12.2 Å². The van der Waals surface area contributed by atoms with E-state index in [-0.39, 0.29) is 18.1 Å². The van der Waals surface area contributed by atoms with Gasteiger partial charge in [-0.05, 0) is 17.7 Å². The quantitative estimate of drug-likeness (QED) is 0.481. The van der Waals surface area contributed by atoms with Crippen LogP contribution in [0.2, 0.25) is 0 Å². The summed E-state index contributed by atoms with van der Waals surface area (Å²) in [6, 6.07) is 4.18. The van der Waals surface area contributed by atoms with Gasteiger partial charge in [-0.15, -0.1) is 0 Å². The van der Waals surface area contributed by atoms with Gasteiger partial charge in [-0.3, -0.25) is 4.79 Å². The topological polar surface area (TPSA) is 81.1 Å². The second kappa shape index (κ2) is 4.71. The van der Waals surface area contributed by atoms with Crippen molar-refractivity contribution < 1.29 is 9.18 Å². The number of halogens is 1. The van der Waals surface area contributed by atoms with Crippen LogP contribution in [-0.4, -0.2) is 25.5 Å². The molecule has 17 heavy (non-hydrogen) atoms. The van der Waals surface area contributed by atoms with E-state index in [0.29, 0.717) is 18.8 Å². The largest absolute Gasteiger partial charge is 0.358 e. The summed E-state index contributed by atoms with van der Waals surface area (Å²) in [7, 11) is 0. The molecule has 1 aliphatic heterocycles. The van der Waals surface area contributed by atoms with Gasteiger partial charge in [-0.2, -0.15) is 0 Å². The molecule has 0 bridgehead atoms. The second-order valence-corrected chi connectivity index (χ2v) is 3.60. The first-order valence-electron chi connectivity index (χ1n) is 5.07. The van der Waals surface area contributed by atoms with Crippen molar-refractivity contribution in [2.24, 2.45) is 5.11 Å². The lowest BCUT2D eigenvalue weighted by molar-refractivity contribution is -0.120. The number of hydrogen-bond donors (Lipinski definition) is 1. The van der Waals surface area contributed by atoms with E-state index in [1.165, 1.54) is 12.1 Å². The van der Waals surface area contributed by atoms with Gasteiger partial charge in [-0.25, -0.2) is 4.39 Å². The van der Waals surface area contributed by atoms with Gasteiger partial charge in [-0.1, -0.05) is 11.2 Å². The Morgan fingerprint density at radius 3 is 3.00 bits per heavy atom. The molecule has 1 aromatic carbocycles. The summed E-state index contributed by atoms with van der Waals surface area (Å²) in [6.07, 6.45) is 0. The number of azide groups is 1. The van der Waals surface area contributed by atoms with Gasteiger partial charge in [0, 0.05) is 23.7 Å². The Morgan fingerprint density at radius 1 is 1.53 bits per heavy atom. The fourth-order valence-corrected chi connectivity index (χ4v) is 1.71. The van der Waals surface area contributed by atoms with Gasteiger partial charge in [0.15, 0.2) is 0 Å². The van der Waals surface area contributed by atoms with Crippen molar-refractivity contribution >= 4 is 17.3 Å². The van der Waals surface area contributed by atoms with E-state index in [1.54, 1.807) is 4.90 Å². The number of nitrogens with one attached hydrogen (secondary N) is 1. The van der Waals surface area contributed by atoms with Gasteiger partial charge in [0.2, 0.25) is 5.91 Å². The number of amides is 1. The molecule has 88 valence electrons. The molecule has 1 heterocycles. The monoisotopic (exact) mass is 235 g/mol. The van der Waals surface area contributed by atoms with Crippen molar-refractivity contribution in [3.8, 4) is 0 Å². The molecule has 1 N–H and O–H groups in total. The van der Waals surface area contributed by atoms with Crippen LogP contribution in [0.1, 0.15) is 0 Å². The summed E-state index contributed by atoms with van der Waals surface area (Å²) >= 11 is 0. The highest BCUT2D eigenvalue weighted by Gasteiger charge is 2.19. The summed E-state index contributed by atoms with van der Waals surface area (Å²) in [5.74, 6) is -0.626. The summed E-state index contributed by atoms with van der Waals surface area (Å²) in [5, 5.41) is 5.97. The predicted molar refractivity (Wildman–Crippen MR) is 60.4 cm³/mol. The highest BCUT2D eigenvalue weighted by Crippen LogP contribution is 2.24.